The van der Waals surface area contributed by atoms with Crippen LogP contribution in [0.25, 0.3) is 0 Å². The van der Waals surface area contributed by atoms with Gasteiger partial charge in [0.1, 0.15) is 0 Å². The first-order chi connectivity index (χ1) is 6.13. The van der Waals surface area contributed by atoms with Crippen molar-refractivity contribution < 1.29 is 9.59 Å². The van der Waals surface area contributed by atoms with Crippen LogP contribution in [0.1, 0.15) is 41.5 Å². The lowest BCUT2D eigenvalue weighted by molar-refractivity contribution is -0.124. The van der Waals surface area contributed by atoms with Crippen molar-refractivity contribution in [1.29, 1.82) is 0 Å². The van der Waals surface area contributed by atoms with Gasteiger partial charge in [-0.3, -0.25) is 14.9 Å². The average Bonchev–Trinajstić information content (AvgIpc) is 2.40. The molecule has 3 heteroatoms. The van der Waals surface area contributed by atoms with E-state index in [0.29, 0.717) is 11.1 Å². The molecule has 0 fully saturated rings. The third-order valence-electron chi connectivity index (χ3n) is 1.47. The zero-order chi connectivity index (χ0) is 11.0. The summed E-state index contributed by atoms with van der Waals surface area (Å²) in [4.78, 5) is 21.2. The van der Waals surface area contributed by atoms with Crippen molar-refractivity contribution in [2.75, 3.05) is 0 Å². The highest BCUT2D eigenvalue weighted by molar-refractivity contribution is 6.18. The quantitative estimate of drug-likeness (QED) is 0.587. The third-order valence-corrected chi connectivity index (χ3v) is 1.47. The van der Waals surface area contributed by atoms with Gasteiger partial charge in [0.05, 0.1) is 0 Å². The summed E-state index contributed by atoms with van der Waals surface area (Å²) in [6, 6.07) is 0. The van der Waals surface area contributed by atoms with Gasteiger partial charge in [-0.25, -0.2) is 0 Å². The van der Waals surface area contributed by atoms with Crippen LogP contribution < -0.4 is 5.32 Å². The second-order valence-electron chi connectivity index (χ2n) is 2.03. The molecule has 0 spiro atoms. The molecule has 13 heavy (non-hydrogen) atoms. The number of imide groups is 1. The molecule has 3 nitrogen and oxygen atoms in total. The summed E-state index contributed by atoms with van der Waals surface area (Å²) < 4.78 is 0. The van der Waals surface area contributed by atoms with Crippen LogP contribution in [0.15, 0.2) is 11.1 Å². The van der Waals surface area contributed by atoms with Crippen molar-refractivity contribution in [3.8, 4) is 0 Å². The van der Waals surface area contributed by atoms with Crippen molar-refractivity contribution in [1.82, 2.24) is 5.32 Å². The number of amides is 2. The van der Waals surface area contributed by atoms with Crippen LogP contribution >= 0.6 is 0 Å². The van der Waals surface area contributed by atoms with Crippen molar-refractivity contribution in [2.45, 2.75) is 41.5 Å². The van der Waals surface area contributed by atoms with E-state index in [1.54, 1.807) is 13.8 Å². The Labute approximate surface area is 80.2 Å². The first-order valence-corrected chi connectivity index (χ1v) is 4.66. The van der Waals surface area contributed by atoms with Gasteiger partial charge in [-0.1, -0.05) is 27.7 Å². The monoisotopic (exact) mass is 185 g/mol. The van der Waals surface area contributed by atoms with E-state index in [0.717, 1.165) is 0 Å². The molecule has 0 unspecified atom stereocenters. The number of hydrogen-bond acceptors (Lipinski definition) is 2. The minimum absolute atomic E-state index is 0.266. The fourth-order valence-corrected chi connectivity index (χ4v) is 0.631. The van der Waals surface area contributed by atoms with Crippen LogP contribution in [0.2, 0.25) is 0 Å². The maximum atomic E-state index is 10.6. The van der Waals surface area contributed by atoms with Gasteiger partial charge in [-0.05, 0) is 13.8 Å². The molecule has 1 N–H and O–H groups in total. The summed E-state index contributed by atoms with van der Waals surface area (Å²) in [5.41, 5.74) is 1.06. The molecular weight excluding hydrogens is 166 g/mol. The average molecular weight is 185 g/mol. The van der Waals surface area contributed by atoms with E-state index >= 15 is 0 Å². The van der Waals surface area contributed by atoms with Crippen LogP contribution in [0.3, 0.4) is 0 Å². The Morgan fingerprint density at radius 1 is 0.769 bits per heavy atom. The molecule has 1 heterocycles. The smallest absolute Gasteiger partial charge is 0.254 e. The predicted octanol–water partition coefficient (Wildman–Crippen LogP) is 2.03. The van der Waals surface area contributed by atoms with Gasteiger partial charge in [0.2, 0.25) is 0 Å². The highest BCUT2D eigenvalue weighted by Crippen LogP contribution is 2.09. The van der Waals surface area contributed by atoms with Crippen molar-refractivity contribution in [2.24, 2.45) is 0 Å². The lowest BCUT2D eigenvalue weighted by Gasteiger charge is -1.84. The van der Waals surface area contributed by atoms with E-state index in [-0.39, 0.29) is 11.8 Å². The van der Waals surface area contributed by atoms with Crippen molar-refractivity contribution in [3.05, 3.63) is 11.1 Å². The van der Waals surface area contributed by atoms with E-state index in [2.05, 4.69) is 5.32 Å². The number of nitrogens with one attached hydrogen (secondary N) is 1. The van der Waals surface area contributed by atoms with Crippen LogP contribution in [-0.2, 0) is 9.59 Å². The highest BCUT2D eigenvalue weighted by Gasteiger charge is 2.22. The van der Waals surface area contributed by atoms with Gasteiger partial charge in [0.25, 0.3) is 11.8 Å². The number of hydrogen-bond donors (Lipinski definition) is 1. The summed E-state index contributed by atoms with van der Waals surface area (Å²) in [5, 5.41) is 2.16. The second kappa shape index (κ2) is 7.53. The molecule has 0 saturated carbocycles. The normalized spacial score (nSPS) is 14.0. The van der Waals surface area contributed by atoms with Crippen LogP contribution in [0.5, 0.6) is 0 Å². The van der Waals surface area contributed by atoms with E-state index < -0.39 is 0 Å². The second-order valence-corrected chi connectivity index (χ2v) is 2.03. The van der Waals surface area contributed by atoms with Crippen LogP contribution in [0.4, 0.5) is 0 Å². The van der Waals surface area contributed by atoms with Gasteiger partial charge in [-0.15, -0.1) is 0 Å². The molecule has 76 valence electrons. The molecule has 0 saturated heterocycles. The van der Waals surface area contributed by atoms with Crippen LogP contribution in [0, 0.1) is 0 Å². The topological polar surface area (TPSA) is 46.2 Å². The Kier molecular flexibility index (Phi) is 8.34. The molecule has 0 radical (unpaired) electrons. The number of rotatable bonds is 0. The molecule has 0 aliphatic carbocycles. The van der Waals surface area contributed by atoms with E-state index in [4.69, 9.17) is 0 Å². The fraction of sp³-hybridized carbons (Fsp3) is 0.600. The van der Waals surface area contributed by atoms with Gasteiger partial charge in [0.15, 0.2) is 0 Å². The summed E-state index contributed by atoms with van der Waals surface area (Å²) in [6.07, 6.45) is 0. The van der Waals surface area contributed by atoms with Crippen LogP contribution in [-0.4, -0.2) is 11.8 Å². The molecule has 0 bridgehead atoms. The van der Waals surface area contributed by atoms with Gasteiger partial charge < -0.3 is 0 Å². The molecule has 0 aromatic heterocycles. The Morgan fingerprint density at radius 3 is 1.08 bits per heavy atom. The highest BCUT2D eigenvalue weighted by atomic mass is 16.2. The van der Waals surface area contributed by atoms with E-state index in [1.165, 1.54) is 0 Å². The molecule has 1 rings (SSSR count). The Bertz CT molecular complexity index is 195. The molecule has 2 amide bonds. The summed E-state index contributed by atoms with van der Waals surface area (Å²) >= 11 is 0. The first kappa shape index (κ1) is 14.4. The molecule has 0 aromatic carbocycles. The van der Waals surface area contributed by atoms with Crippen molar-refractivity contribution in [3.63, 3.8) is 0 Å². The summed E-state index contributed by atoms with van der Waals surface area (Å²) in [6.45, 7) is 11.3. The summed E-state index contributed by atoms with van der Waals surface area (Å²) in [7, 11) is 0. The van der Waals surface area contributed by atoms with Gasteiger partial charge >= 0.3 is 0 Å². The van der Waals surface area contributed by atoms with Crippen molar-refractivity contribution >= 4 is 11.8 Å². The maximum Gasteiger partial charge on any atom is 0.254 e. The zero-order valence-corrected chi connectivity index (χ0v) is 9.32. The Hall–Kier alpha value is -1.12. The predicted molar refractivity (Wildman–Crippen MR) is 54.2 cm³/mol. The third kappa shape index (κ3) is 3.87. The molecular formula is C10H19NO2. The molecule has 1 aliphatic heterocycles. The summed E-state index contributed by atoms with van der Waals surface area (Å²) in [5.74, 6) is -0.532. The SMILES string of the molecule is CC.CC.CC1=C(C)C(=O)NC1=O. The lowest BCUT2D eigenvalue weighted by atomic mass is 10.2. The maximum absolute atomic E-state index is 10.6. The first-order valence-electron chi connectivity index (χ1n) is 4.66. The molecule has 1 aliphatic rings. The number of carbonyl (C=O) groups is 2. The lowest BCUT2D eigenvalue weighted by Crippen LogP contribution is -2.22. The van der Waals surface area contributed by atoms with Gasteiger partial charge in [0, 0.05) is 11.1 Å². The zero-order valence-electron chi connectivity index (χ0n) is 9.32. The standard InChI is InChI=1S/C6H7NO2.2C2H6/c1-3-4(2)6(9)7-5(3)8;2*1-2/h1-2H3,(H,7,8,9);2*1-2H3. The minimum atomic E-state index is -0.266. The molecule has 0 aromatic rings. The Morgan fingerprint density at radius 2 is 1.00 bits per heavy atom. The van der Waals surface area contributed by atoms with E-state index in [1.807, 2.05) is 27.7 Å². The van der Waals surface area contributed by atoms with E-state index in [9.17, 15) is 9.59 Å². The fourth-order valence-electron chi connectivity index (χ4n) is 0.631. The largest absolute Gasteiger partial charge is 0.289 e. The Balaban J connectivity index is 0. The van der Waals surface area contributed by atoms with Gasteiger partial charge in [-0.2, -0.15) is 0 Å². The number of carbonyl (C=O) groups excluding carboxylic acids is 2. The minimum Gasteiger partial charge on any atom is -0.289 e. The molecule has 0 atom stereocenters.